The number of carbonyl (C=O) groups is 2. The van der Waals surface area contributed by atoms with E-state index in [0.29, 0.717) is 12.7 Å². The van der Waals surface area contributed by atoms with Gasteiger partial charge in [-0.05, 0) is 47.0 Å². The minimum Gasteiger partial charge on any atom is -0.342 e. The van der Waals surface area contributed by atoms with Crippen LogP contribution in [0.5, 0.6) is 0 Å². The van der Waals surface area contributed by atoms with Gasteiger partial charge < -0.3 is 10.1 Å². The summed E-state index contributed by atoms with van der Waals surface area (Å²) in [6, 6.07) is 23.6. The first-order valence-corrected chi connectivity index (χ1v) is 11.7. The summed E-state index contributed by atoms with van der Waals surface area (Å²) >= 11 is 0. The molecule has 1 heterocycles. The van der Waals surface area contributed by atoms with E-state index in [1.165, 1.54) is 24.4 Å². The summed E-state index contributed by atoms with van der Waals surface area (Å²) in [5.74, 6) is -0.722. The summed E-state index contributed by atoms with van der Waals surface area (Å²) in [5, 5.41) is 4.32. The Hall–Kier alpha value is -4.04. The first-order chi connectivity index (χ1) is 16.0. The van der Waals surface area contributed by atoms with Crippen LogP contribution in [-0.4, -0.2) is 31.6 Å². The van der Waals surface area contributed by atoms with Crippen LogP contribution in [0.2, 0.25) is 0 Å². The van der Waals surface area contributed by atoms with Crippen LogP contribution < -0.4 is 10.0 Å². The van der Waals surface area contributed by atoms with Gasteiger partial charge in [0, 0.05) is 6.20 Å². The van der Waals surface area contributed by atoms with Gasteiger partial charge in [-0.3, -0.25) is 9.52 Å². The number of fused-ring (bicyclic) bond motifs is 1. The lowest BCUT2D eigenvalue weighted by molar-refractivity contribution is -0.109. The molecule has 4 rings (SSSR count). The van der Waals surface area contributed by atoms with Crippen molar-refractivity contribution in [1.82, 2.24) is 10.3 Å². The van der Waals surface area contributed by atoms with E-state index in [9.17, 15) is 18.0 Å². The number of aldehydes is 1. The Labute approximate surface area is 191 Å². The molecule has 2 N–H and O–H groups in total. The molecule has 1 amide bonds. The Morgan fingerprint density at radius 1 is 0.909 bits per heavy atom. The van der Waals surface area contributed by atoms with E-state index in [0.717, 1.165) is 16.3 Å². The van der Waals surface area contributed by atoms with E-state index >= 15 is 0 Å². The molecule has 0 fully saturated rings. The van der Waals surface area contributed by atoms with Crippen LogP contribution in [0, 0.1) is 0 Å². The first-order valence-electron chi connectivity index (χ1n) is 10.2. The molecule has 0 spiro atoms. The van der Waals surface area contributed by atoms with Crippen LogP contribution in [0.15, 0.2) is 96.0 Å². The minimum atomic E-state index is -4.01. The van der Waals surface area contributed by atoms with Gasteiger partial charge in [0.1, 0.15) is 6.29 Å². The van der Waals surface area contributed by atoms with Gasteiger partial charge in [-0.1, -0.05) is 60.7 Å². The van der Waals surface area contributed by atoms with Crippen molar-refractivity contribution < 1.29 is 18.0 Å². The maximum Gasteiger partial charge on any atom is 0.263 e. The van der Waals surface area contributed by atoms with Crippen LogP contribution in [0.1, 0.15) is 15.9 Å². The fourth-order valence-electron chi connectivity index (χ4n) is 3.44. The molecular formula is C25H21N3O4S. The number of hydrogen-bond acceptors (Lipinski definition) is 5. The maximum atomic E-state index is 13.0. The summed E-state index contributed by atoms with van der Waals surface area (Å²) in [4.78, 5) is 28.5. The lowest BCUT2D eigenvalue weighted by Crippen LogP contribution is -2.38. The van der Waals surface area contributed by atoms with Crippen molar-refractivity contribution in [1.29, 1.82) is 0 Å². The molecule has 0 radical (unpaired) electrons. The third-order valence-electron chi connectivity index (χ3n) is 5.09. The molecule has 0 unspecified atom stereocenters. The average Bonchev–Trinajstić information content (AvgIpc) is 2.84. The van der Waals surface area contributed by atoms with Gasteiger partial charge in [-0.2, -0.15) is 0 Å². The molecule has 1 aromatic heterocycles. The summed E-state index contributed by atoms with van der Waals surface area (Å²) in [5.41, 5.74) is 0.903. The summed E-state index contributed by atoms with van der Waals surface area (Å²) < 4.78 is 28.4. The number of benzene rings is 3. The fraction of sp³-hybridized carbons (Fsp3) is 0.0800. The molecule has 0 bridgehead atoms. The number of rotatable bonds is 8. The summed E-state index contributed by atoms with van der Waals surface area (Å²) in [6.07, 6.45) is 2.35. The SMILES string of the molecule is O=C[C@H](Cc1ccccc1)NC(=O)c1cccnc1NS(=O)(=O)c1ccc2ccccc2c1. The number of hydrogen-bond donors (Lipinski definition) is 2. The predicted molar refractivity (Wildman–Crippen MR) is 126 cm³/mol. The summed E-state index contributed by atoms with van der Waals surface area (Å²) in [7, 11) is -4.01. The Balaban J connectivity index is 1.56. The Morgan fingerprint density at radius 3 is 2.39 bits per heavy atom. The van der Waals surface area contributed by atoms with E-state index < -0.39 is 22.0 Å². The van der Waals surface area contributed by atoms with Crippen LogP contribution in [-0.2, 0) is 21.2 Å². The summed E-state index contributed by atoms with van der Waals surface area (Å²) in [6.45, 7) is 0. The van der Waals surface area contributed by atoms with E-state index in [-0.39, 0.29) is 16.3 Å². The smallest absolute Gasteiger partial charge is 0.263 e. The Morgan fingerprint density at radius 2 is 1.64 bits per heavy atom. The fourth-order valence-corrected chi connectivity index (χ4v) is 4.50. The average molecular weight is 460 g/mol. The van der Waals surface area contributed by atoms with Crippen LogP contribution in [0.4, 0.5) is 5.82 Å². The third-order valence-corrected chi connectivity index (χ3v) is 6.43. The molecule has 0 aliphatic carbocycles. The van der Waals surface area contributed by atoms with Crippen molar-refractivity contribution >= 4 is 38.8 Å². The number of pyridine rings is 1. The lowest BCUT2D eigenvalue weighted by atomic mass is 10.1. The van der Waals surface area contributed by atoms with E-state index in [2.05, 4.69) is 15.0 Å². The second-order valence-electron chi connectivity index (χ2n) is 7.42. The number of amides is 1. The monoisotopic (exact) mass is 459 g/mol. The van der Waals surface area contributed by atoms with Crippen molar-refractivity contribution in [3.63, 3.8) is 0 Å². The molecule has 3 aromatic carbocycles. The second kappa shape index (κ2) is 9.62. The van der Waals surface area contributed by atoms with Gasteiger partial charge in [0.25, 0.3) is 15.9 Å². The number of aromatic nitrogens is 1. The van der Waals surface area contributed by atoms with Gasteiger partial charge in [0.2, 0.25) is 0 Å². The normalized spacial score (nSPS) is 12.1. The molecule has 0 aliphatic rings. The molecule has 1 atom stereocenters. The molecule has 0 saturated heterocycles. The van der Waals surface area contributed by atoms with Crippen molar-refractivity contribution in [2.75, 3.05) is 4.72 Å². The van der Waals surface area contributed by atoms with Crippen LogP contribution >= 0.6 is 0 Å². The third kappa shape index (κ3) is 5.24. The van der Waals surface area contributed by atoms with Crippen LogP contribution in [0.25, 0.3) is 10.8 Å². The molecule has 0 aliphatic heterocycles. The van der Waals surface area contributed by atoms with Crippen molar-refractivity contribution in [2.45, 2.75) is 17.4 Å². The zero-order chi connectivity index (χ0) is 23.3. The van der Waals surface area contributed by atoms with E-state index in [1.54, 1.807) is 12.1 Å². The van der Waals surface area contributed by atoms with E-state index in [1.807, 2.05) is 54.6 Å². The highest BCUT2D eigenvalue weighted by Gasteiger charge is 2.22. The first kappa shape index (κ1) is 22.2. The molecule has 33 heavy (non-hydrogen) atoms. The van der Waals surface area contributed by atoms with Crippen molar-refractivity contribution in [3.05, 3.63) is 102 Å². The number of sulfonamides is 1. The maximum absolute atomic E-state index is 13.0. The second-order valence-corrected chi connectivity index (χ2v) is 9.10. The Kier molecular flexibility index (Phi) is 6.46. The van der Waals surface area contributed by atoms with Gasteiger partial charge in [-0.25, -0.2) is 13.4 Å². The number of nitrogens with zero attached hydrogens (tertiary/aromatic N) is 1. The highest BCUT2D eigenvalue weighted by atomic mass is 32.2. The van der Waals surface area contributed by atoms with Gasteiger partial charge in [-0.15, -0.1) is 0 Å². The zero-order valence-corrected chi connectivity index (χ0v) is 18.3. The van der Waals surface area contributed by atoms with Gasteiger partial charge >= 0.3 is 0 Å². The molecule has 7 nitrogen and oxygen atoms in total. The Bertz CT molecular complexity index is 1410. The number of carbonyl (C=O) groups excluding carboxylic acids is 2. The quantitative estimate of drug-likeness (QED) is 0.392. The van der Waals surface area contributed by atoms with Crippen LogP contribution in [0.3, 0.4) is 0 Å². The number of anilines is 1. The van der Waals surface area contributed by atoms with Crippen molar-refractivity contribution in [2.24, 2.45) is 0 Å². The van der Waals surface area contributed by atoms with E-state index in [4.69, 9.17) is 0 Å². The highest BCUT2D eigenvalue weighted by Crippen LogP contribution is 2.22. The topological polar surface area (TPSA) is 105 Å². The zero-order valence-electron chi connectivity index (χ0n) is 17.5. The van der Waals surface area contributed by atoms with Gasteiger partial charge in [0.15, 0.2) is 5.82 Å². The molecule has 8 heteroatoms. The lowest BCUT2D eigenvalue weighted by Gasteiger charge is -2.15. The largest absolute Gasteiger partial charge is 0.342 e. The minimum absolute atomic E-state index is 0.0155. The molecular weight excluding hydrogens is 438 g/mol. The molecule has 166 valence electrons. The molecule has 4 aromatic rings. The predicted octanol–water partition coefficient (Wildman–Crippen LogP) is 3.58. The van der Waals surface area contributed by atoms with Gasteiger partial charge in [0.05, 0.1) is 16.5 Å². The molecule has 0 saturated carbocycles. The number of nitrogens with one attached hydrogen (secondary N) is 2. The van der Waals surface area contributed by atoms with Crippen molar-refractivity contribution in [3.8, 4) is 0 Å². The highest BCUT2D eigenvalue weighted by molar-refractivity contribution is 7.92. The standard InChI is InChI=1S/C25H21N3O4S/c29-17-21(15-18-7-2-1-3-8-18)27-25(30)23-11-6-14-26-24(23)28-33(31,32)22-13-12-19-9-4-5-10-20(19)16-22/h1-14,16-17,21H,15H2,(H,26,28)(H,27,30)/t21-/m0/s1.